The average Bonchev–Trinajstić information content (AvgIpc) is 3.05. The maximum Gasteiger partial charge on any atom is 0.327 e. The first-order chi connectivity index (χ1) is 8.02. The summed E-state index contributed by atoms with van der Waals surface area (Å²) in [6.45, 7) is 3.31. The average molecular weight is 258 g/mol. The van der Waals surface area contributed by atoms with Gasteiger partial charge in [0.1, 0.15) is 6.04 Å². The second-order valence-corrected chi connectivity index (χ2v) is 6.24. The number of urea groups is 1. The van der Waals surface area contributed by atoms with E-state index in [2.05, 4.69) is 12.2 Å². The van der Waals surface area contributed by atoms with Crippen molar-refractivity contribution < 1.29 is 14.7 Å². The fourth-order valence-corrected chi connectivity index (χ4v) is 2.87. The molecule has 5 nitrogen and oxygen atoms in total. The van der Waals surface area contributed by atoms with Gasteiger partial charge in [-0.3, -0.25) is 0 Å². The van der Waals surface area contributed by atoms with E-state index in [1.807, 2.05) is 0 Å². The van der Waals surface area contributed by atoms with Gasteiger partial charge in [-0.05, 0) is 18.3 Å². The van der Waals surface area contributed by atoms with Crippen LogP contribution in [0.25, 0.3) is 0 Å². The fraction of sp³-hybridized carbons (Fsp3) is 0.818. The van der Waals surface area contributed by atoms with E-state index in [-0.39, 0.29) is 11.4 Å². The zero-order valence-electron chi connectivity index (χ0n) is 9.94. The van der Waals surface area contributed by atoms with Crippen LogP contribution in [-0.2, 0) is 4.79 Å². The SMILES string of the molecule is CC1(CNC(=O)N2CCSCC2C(=O)O)CC1. The molecule has 0 aromatic carbocycles. The summed E-state index contributed by atoms with van der Waals surface area (Å²) in [5.41, 5.74) is 0.249. The van der Waals surface area contributed by atoms with Gasteiger partial charge in [-0.1, -0.05) is 6.92 Å². The van der Waals surface area contributed by atoms with E-state index in [0.29, 0.717) is 18.8 Å². The highest BCUT2D eigenvalue weighted by molar-refractivity contribution is 7.99. The van der Waals surface area contributed by atoms with Crippen LogP contribution in [-0.4, -0.2) is 52.6 Å². The molecule has 1 saturated heterocycles. The lowest BCUT2D eigenvalue weighted by atomic mass is 10.1. The van der Waals surface area contributed by atoms with Crippen LogP contribution in [0.3, 0.4) is 0 Å². The van der Waals surface area contributed by atoms with Crippen molar-refractivity contribution >= 4 is 23.8 Å². The molecule has 1 aliphatic carbocycles. The first-order valence-electron chi connectivity index (χ1n) is 5.87. The number of aliphatic carboxylic acids is 1. The Hall–Kier alpha value is -0.910. The van der Waals surface area contributed by atoms with Gasteiger partial charge in [-0.15, -0.1) is 0 Å². The summed E-state index contributed by atoms with van der Waals surface area (Å²) in [6, 6.07) is -0.911. The second-order valence-electron chi connectivity index (χ2n) is 5.09. The zero-order chi connectivity index (χ0) is 12.5. The van der Waals surface area contributed by atoms with Crippen molar-refractivity contribution in [1.82, 2.24) is 10.2 Å². The maximum atomic E-state index is 11.9. The van der Waals surface area contributed by atoms with Crippen molar-refractivity contribution in [2.75, 3.05) is 24.6 Å². The highest BCUT2D eigenvalue weighted by Crippen LogP contribution is 2.44. The molecule has 0 spiro atoms. The van der Waals surface area contributed by atoms with Crippen molar-refractivity contribution in [3.63, 3.8) is 0 Å². The molecule has 2 fully saturated rings. The van der Waals surface area contributed by atoms with Gasteiger partial charge in [0.15, 0.2) is 0 Å². The first kappa shape index (κ1) is 12.5. The fourth-order valence-electron chi connectivity index (χ4n) is 1.83. The first-order valence-corrected chi connectivity index (χ1v) is 7.02. The van der Waals surface area contributed by atoms with Gasteiger partial charge < -0.3 is 15.3 Å². The topological polar surface area (TPSA) is 69.6 Å². The van der Waals surface area contributed by atoms with Gasteiger partial charge >= 0.3 is 12.0 Å². The molecule has 1 unspecified atom stereocenters. The molecule has 2 aliphatic rings. The zero-order valence-corrected chi connectivity index (χ0v) is 10.8. The van der Waals surface area contributed by atoms with Crippen LogP contribution in [0.4, 0.5) is 4.79 Å². The van der Waals surface area contributed by atoms with E-state index in [9.17, 15) is 9.59 Å². The molecule has 0 aromatic rings. The van der Waals surface area contributed by atoms with Gasteiger partial charge in [0.2, 0.25) is 0 Å². The smallest absolute Gasteiger partial charge is 0.327 e. The van der Waals surface area contributed by atoms with E-state index >= 15 is 0 Å². The Morgan fingerprint density at radius 3 is 2.82 bits per heavy atom. The molecule has 17 heavy (non-hydrogen) atoms. The Bertz CT molecular complexity index is 331. The molecular weight excluding hydrogens is 240 g/mol. The van der Waals surface area contributed by atoms with Crippen LogP contribution < -0.4 is 5.32 Å². The second kappa shape index (κ2) is 4.76. The Balaban J connectivity index is 1.89. The van der Waals surface area contributed by atoms with Gasteiger partial charge in [0.05, 0.1) is 0 Å². The van der Waals surface area contributed by atoms with E-state index in [4.69, 9.17) is 5.11 Å². The molecule has 2 amide bonds. The molecule has 1 heterocycles. The number of nitrogens with zero attached hydrogens (tertiary/aromatic N) is 1. The highest BCUT2D eigenvalue weighted by atomic mass is 32.2. The number of carboxylic acids is 1. The van der Waals surface area contributed by atoms with Crippen LogP contribution >= 0.6 is 11.8 Å². The number of hydrogen-bond donors (Lipinski definition) is 2. The highest BCUT2D eigenvalue weighted by Gasteiger charge is 2.39. The summed E-state index contributed by atoms with van der Waals surface area (Å²) in [7, 11) is 0. The third kappa shape index (κ3) is 3.06. The number of amides is 2. The van der Waals surface area contributed by atoms with Crippen molar-refractivity contribution in [2.45, 2.75) is 25.8 Å². The molecule has 1 atom stereocenters. The van der Waals surface area contributed by atoms with E-state index in [1.54, 1.807) is 11.8 Å². The molecule has 1 aliphatic heterocycles. The molecular formula is C11H18N2O3S. The normalized spacial score (nSPS) is 26.4. The third-order valence-corrected chi connectivity index (χ3v) is 4.47. The van der Waals surface area contributed by atoms with Crippen LogP contribution in [0.15, 0.2) is 0 Å². The molecule has 6 heteroatoms. The molecule has 96 valence electrons. The van der Waals surface area contributed by atoms with Crippen LogP contribution in [0, 0.1) is 5.41 Å². The summed E-state index contributed by atoms with van der Waals surface area (Å²) in [5, 5.41) is 11.9. The van der Waals surface area contributed by atoms with Gasteiger partial charge in [0.25, 0.3) is 0 Å². The van der Waals surface area contributed by atoms with Gasteiger partial charge in [-0.2, -0.15) is 11.8 Å². The minimum absolute atomic E-state index is 0.231. The number of nitrogens with one attached hydrogen (secondary N) is 1. The van der Waals surface area contributed by atoms with E-state index in [1.165, 1.54) is 4.90 Å². The van der Waals surface area contributed by atoms with Crippen molar-refractivity contribution in [3.05, 3.63) is 0 Å². The number of thioether (sulfide) groups is 1. The van der Waals surface area contributed by atoms with Gasteiger partial charge in [-0.25, -0.2) is 9.59 Å². The van der Waals surface area contributed by atoms with Crippen LogP contribution in [0.1, 0.15) is 19.8 Å². The van der Waals surface area contributed by atoms with Crippen molar-refractivity contribution in [2.24, 2.45) is 5.41 Å². The number of rotatable bonds is 3. The number of hydrogen-bond acceptors (Lipinski definition) is 3. The summed E-state index contributed by atoms with van der Waals surface area (Å²) >= 11 is 1.59. The lowest BCUT2D eigenvalue weighted by Gasteiger charge is -2.32. The predicted molar refractivity (Wildman–Crippen MR) is 66.2 cm³/mol. The minimum Gasteiger partial charge on any atom is -0.480 e. The Morgan fingerprint density at radius 2 is 2.24 bits per heavy atom. The van der Waals surface area contributed by atoms with E-state index in [0.717, 1.165) is 18.6 Å². The quantitative estimate of drug-likeness (QED) is 0.792. The number of carbonyl (C=O) groups is 2. The number of carbonyl (C=O) groups excluding carboxylic acids is 1. The summed E-state index contributed by atoms with van der Waals surface area (Å²) in [5.74, 6) is 0.388. The molecule has 0 aromatic heterocycles. The predicted octanol–water partition coefficient (Wildman–Crippen LogP) is 0.998. The standard InChI is InChI=1S/C11H18N2O3S/c1-11(2-3-11)7-12-10(16)13-4-5-17-6-8(13)9(14)15/h8H,2-7H2,1H3,(H,12,16)(H,14,15). The van der Waals surface area contributed by atoms with Crippen LogP contribution in [0.5, 0.6) is 0 Å². The Morgan fingerprint density at radius 1 is 1.53 bits per heavy atom. The van der Waals surface area contributed by atoms with Crippen molar-refractivity contribution in [1.29, 1.82) is 0 Å². The lowest BCUT2D eigenvalue weighted by molar-refractivity contribution is -0.141. The van der Waals surface area contributed by atoms with E-state index < -0.39 is 12.0 Å². The minimum atomic E-state index is -0.912. The summed E-state index contributed by atoms with van der Waals surface area (Å²) < 4.78 is 0. The Labute approximate surface area is 105 Å². The third-order valence-electron chi connectivity index (χ3n) is 3.44. The maximum absolute atomic E-state index is 11.9. The molecule has 0 bridgehead atoms. The summed E-state index contributed by atoms with van der Waals surface area (Å²) in [4.78, 5) is 24.4. The Kier molecular flexibility index (Phi) is 3.51. The molecule has 2 rings (SSSR count). The monoisotopic (exact) mass is 258 g/mol. The van der Waals surface area contributed by atoms with Crippen LogP contribution in [0.2, 0.25) is 0 Å². The largest absolute Gasteiger partial charge is 0.480 e. The summed E-state index contributed by atoms with van der Waals surface area (Å²) in [6.07, 6.45) is 2.29. The van der Waals surface area contributed by atoms with Gasteiger partial charge in [0, 0.05) is 24.6 Å². The van der Waals surface area contributed by atoms with Crippen molar-refractivity contribution in [3.8, 4) is 0 Å². The molecule has 0 radical (unpaired) electrons. The molecule has 1 saturated carbocycles. The molecule has 2 N–H and O–H groups in total. The lowest BCUT2D eigenvalue weighted by Crippen LogP contribution is -2.54. The number of carboxylic acid groups (broad SMARTS) is 1.